The van der Waals surface area contributed by atoms with E-state index in [9.17, 15) is 61.0 Å². The zero-order valence-electron chi connectivity index (χ0n) is 43.1. The third-order valence-electron chi connectivity index (χ3n) is 20.6. The van der Waals surface area contributed by atoms with Gasteiger partial charge in [-0.1, -0.05) is 60.1 Å². The lowest BCUT2D eigenvalue weighted by Crippen LogP contribution is -2.66. The number of ether oxygens (including phenoxy) is 8. The molecular formula is C52H84O20. The lowest BCUT2D eigenvalue weighted by atomic mass is 9.33. The van der Waals surface area contributed by atoms with Crippen molar-refractivity contribution in [1.29, 1.82) is 0 Å². The Balaban J connectivity index is 0.926. The van der Waals surface area contributed by atoms with Crippen LogP contribution in [0.15, 0.2) is 11.6 Å². The van der Waals surface area contributed by atoms with Crippen molar-refractivity contribution in [1.82, 2.24) is 0 Å². The molecule has 20 nitrogen and oxygen atoms in total. The lowest BCUT2D eigenvalue weighted by molar-refractivity contribution is -0.378. The summed E-state index contributed by atoms with van der Waals surface area (Å²) in [4.78, 5) is 14.7. The van der Waals surface area contributed by atoms with Gasteiger partial charge in [-0.15, -0.1) is 0 Å². The van der Waals surface area contributed by atoms with E-state index in [1.807, 2.05) is 0 Å². The molecule has 8 fully saturated rings. The number of aliphatic hydroxyl groups excluding tert-OH is 11. The largest absolute Gasteiger partial charge is 0.432 e. The number of rotatable bonds is 9. The number of carbonyl (C=O) groups excluding carboxylic acids is 1. The summed E-state index contributed by atoms with van der Waals surface area (Å²) >= 11 is 0. The average Bonchev–Trinajstić information content (AvgIpc) is 3.32. The highest BCUT2D eigenvalue weighted by Crippen LogP contribution is 2.76. The van der Waals surface area contributed by atoms with Gasteiger partial charge in [0.05, 0.1) is 37.4 Å². The van der Waals surface area contributed by atoms with E-state index >= 15 is 0 Å². The molecule has 0 unspecified atom stereocenters. The van der Waals surface area contributed by atoms with Crippen LogP contribution in [0.2, 0.25) is 0 Å². The summed E-state index contributed by atoms with van der Waals surface area (Å²) in [7, 11) is 0. The molecule has 4 heterocycles. The summed E-state index contributed by atoms with van der Waals surface area (Å²) in [5, 5.41) is 117. The van der Waals surface area contributed by atoms with Gasteiger partial charge in [0, 0.05) is 0 Å². The fourth-order valence-electron chi connectivity index (χ4n) is 15.9. The molecule has 11 N–H and O–H groups in total. The number of carbonyl (C=O) groups is 1. The minimum absolute atomic E-state index is 0.0621. The van der Waals surface area contributed by atoms with Crippen molar-refractivity contribution in [2.75, 3.05) is 19.8 Å². The molecule has 0 radical (unpaired) electrons. The summed E-state index contributed by atoms with van der Waals surface area (Å²) in [6.45, 7) is 16.5. The van der Waals surface area contributed by atoms with E-state index in [4.69, 9.17) is 37.9 Å². The number of esters is 1. The van der Waals surface area contributed by atoms with Crippen LogP contribution >= 0.6 is 0 Å². The van der Waals surface area contributed by atoms with Crippen LogP contribution in [0, 0.1) is 50.2 Å². The van der Waals surface area contributed by atoms with E-state index < -0.39 is 134 Å². The first-order valence-corrected chi connectivity index (χ1v) is 26.5. The summed E-state index contributed by atoms with van der Waals surface area (Å²) in [5.74, 6) is -0.175. The van der Waals surface area contributed by atoms with Crippen molar-refractivity contribution in [2.45, 2.75) is 236 Å². The Morgan fingerprint density at radius 3 is 1.96 bits per heavy atom. The minimum Gasteiger partial charge on any atom is -0.432 e. The quantitative estimate of drug-likeness (QED) is 0.0839. The number of aliphatic hydroxyl groups is 11. The molecule has 9 aliphatic rings. The van der Waals surface area contributed by atoms with Gasteiger partial charge in [-0.05, 0) is 116 Å². The maximum atomic E-state index is 14.7. The third kappa shape index (κ3) is 8.87. The van der Waals surface area contributed by atoms with Gasteiger partial charge in [0.15, 0.2) is 18.9 Å². The second-order valence-electron chi connectivity index (χ2n) is 25.4. The third-order valence-corrected chi connectivity index (χ3v) is 20.6. The summed E-state index contributed by atoms with van der Waals surface area (Å²) in [6, 6.07) is 0. The second-order valence-corrected chi connectivity index (χ2v) is 25.4. The van der Waals surface area contributed by atoms with Gasteiger partial charge in [-0.3, -0.25) is 4.79 Å². The van der Waals surface area contributed by atoms with Crippen LogP contribution < -0.4 is 0 Å². The highest BCUT2D eigenvalue weighted by Gasteiger charge is 2.70. The number of fused-ring (bicyclic) bond motifs is 7. The van der Waals surface area contributed by atoms with Gasteiger partial charge >= 0.3 is 5.97 Å². The van der Waals surface area contributed by atoms with E-state index in [1.165, 1.54) is 12.5 Å². The normalized spacial score (nSPS) is 54.2. The molecule has 20 heteroatoms. The number of hydrogen-bond donors (Lipinski definition) is 11. The van der Waals surface area contributed by atoms with Crippen LogP contribution in [0.4, 0.5) is 0 Å². The van der Waals surface area contributed by atoms with Crippen LogP contribution in [0.5, 0.6) is 0 Å². The average molecular weight is 1030 g/mol. The molecule has 0 aromatic heterocycles. The molecule has 0 aromatic rings. The molecular weight excluding hydrogens is 945 g/mol. The predicted molar refractivity (Wildman–Crippen MR) is 249 cm³/mol. The van der Waals surface area contributed by atoms with Gasteiger partial charge in [-0.25, -0.2) is 0 Å². The van der Waals surface area contributed by atoms with E-state index in [1.54, 1.807) is 0 Å². The van der Waals surface area contributed by atoms with Crippen molar-refractivity contribution in [2.24, 2.45) is 50.2 Å². The molecule has 72 heavy (non-hydrogen) atoms. The van der Waals surface area contributed by atoms with Crippen LogP contribution in [0.1, 0.15) is 120 Å². The number of allylic oxidation sites excluding steroid dienone is 2. The maximum Gasteiger partial charge on any atom is 0.315 e. The Morgan fingerprint density at radius 1 is 0.625 bits per heavy atom. The van der Waals surface area contributed by atoms with Crippen molar-refractivity contribution >= 4 is 5.97 Å². The molecule has 4 saturated carbocycles. The Morgan fingerprint density at radius 2 is 1.26 bits per heavy atom. The highest BCUT2D eigenvalue weighted by molar-refractivity contribution is 5.79. The monoisotopic (exact) mass is 1030 g/mol. The van der Waals surface area contributed by atoms with E-state index in [-0.39, 0.29) is 58.7 Å². The van der Waals surface area contributed by atoms with Crippen LogP contribution in [-0.4, -0.2) is 199 Å². The molecule has 0 amide bonds. The van der Waals surface area contributed by atoms with Gasteiger partial charge < -0.3 is 94.1 Å². The fraction of sp³-hybridized carbons (Fsp3) is 0.942. The Labute approximate surface area is 421 Å². The molecule has 0 bridgehead atoms. The van der Waals surface area contributed by atoms with Crippen LogP contribution in [0.3, 0.4) is 0 Å². The summed E-state index contributed by atoms with van der Waals surface area (Å²) < 4.78 is 48.0. The van der Waals surface area contributed by atoms with E-state index in [0.717, 1.165) is 44.9 Å². The first-order chi connectivity index (χ1) is 33.7. The Bertz CT molecular complexity index is 1990. The van der Waals surface area contributed by atoms with Crippen LogP contribution in [0.25, 0.3) is 0 Å². The topological polar surface area (TPSA) is 313 Å². The lowest BCUT2D eigenvalue weighted by Gasteiger charge is -2.71. The highest BCUT2D eigenvalue weighted by atomic mass is 16.8. The predicted octanol–water partition coefficient (Wildman–Crippen LogP) is 0.271. The fourth-order valence-corrected chi connectivity index (χ4v) is 15.9. The van der Waals surface area contributed by atoms with Gasteiger partial charge in [0.1, 0.15) is 79.4 Å². The Kier molecular flexibility index (Phi) is 15.2. The molecule has 26 atom stereocenters. The van der Waals surface area contributed by atoms with Crippen molar-refractivity contribution in [3.8, 4) is 0 Å². The van der Waals surface area contributed by atoms with Gasteiger partial charge in [0.2, 0.25) is 6.29 Å². The van der Waals surface area contributed by atoms with Crippen molar-refractivity contribution in [3.05, 3.63) is 11.6 Å². The molecule has 4 saturated heterocycles. The smallest absolute Gasteiger partial charge is 0.315 e. The van der Waals surface area contributed by atoms with Crippen molar-refractivity contribution in [3.63, 3.8) is 0 Å². The molecule has 4 aliphatic heterocycles. The second kappa shape index (κ2) is 19.7. The standard InChI is InChI=1S/C52H84O20/c1-23-32(56)40(70-42-37(61)33(57)26(54)21-65-42)39(63)44(67-23)71-41-34(58)27(55)22-66-45(41)69-31-12-13-49(6)29(48(31,4)5)11-14-51(8)30(49)10-9-24-25-19-47(2,3)15-17-52(25,18-16-50(24,51)7)46(64)72-43-38(62)36(60)35(59)28(20-53)68-43/h9,23,25-45,53-63H,10-22H2,1-8H3/t23-,25-,26+,27-,28+,29-,30+,31-,32-,33+,34-,35+,36-,37+,38+,39+,40+,41+,42-,43-,44-,45-,49-,50+,51+,52-/m0/s1. The van der Waals surface area contributed by atoms with E-state index in [2.05, 4.69) is 54.5 Å². The van der Waals surface area contributed by atoms with Crippen molar-refractivity contribution < 1.29 is 98.9 Å². The number of hydrogen-bond acceptors (Lipinski definition) is 20. The zero-order valence-corrected chi connectivity index (χ0v) is 43.1. The first kappa shape index (κ1) is 55.3. The van der Waals surface area contributed by atoms with Gasteiger partial charge in [-0.2, -0.15) is 0 Å². The van der Waals surface area contributed by atoms with E-state index in [0.29, 0.717) is 19.3 Å². The van der Waals surface area contributed by atoms with Gasteiger partial charge in [0.25, 0.3) is 0 Å². The summed E-state index contributed by atoms with van der Waals surface area (Å²) in [5.41, 5.74) is -0.658. The Hall–Kier alpha value is -1.51. The molecule has 0 spiro atoms. The summed E-state index contributed by atoms with van der Waals surface area (Å²) in [6.07, 6.45) is -17.0. The maximum absolute atomic E-state index is 14.7. The molecule has 0 aromatic carbocycles. The van der Waals surface area contributed by atoms with Crippen LogP contribution in [-0.2, 0) is 42.7 Å². The zero-order chi connectivity index (χ0) is 52.4. The molecule has 412 valence electrons. The molecule has 9 rings (SSSR count). The molecule has 5 aliphatic carbocycles. The SMILES string of the molecule is C[C@@H]1O[C@@H](O[C@H]2[C@H](O[C@H]3CC[C@]4(C)[C@H]5CC=C6[C@@H]7CC(C)(C)CC[C@]7(C(=O)O[C@@H]7O[C@H](CO)[C@@H](O)[C@H](O)[C@H]7O)CC[C@@]6(C)[C@]5(C)CC[C@H]4C3(C)C)OC[C@H](O)[C@@H]2O)[C@H](O)[C@H](O[C@@H]2OC[C@@H](O)[C@@H](O)[C@H]2O)[C@H]1O. The first-order valence-electron chi connectivity index (χ1n) is 26.5. The minimum atomic E-state index is -1.73.